The van der Waals surface area contributed by atoms with Gasteiger partial charge in [0.25, 0.3) is 0 Å². The molecule has 0 spiro atoms. The Morgan fingerprint density at radius 3 is 3.00 bits per heavy atom. The molecule has 0 nitrogen and oxygen atoms in total. The molecule has 0 aromatic rings. The Morgan fingerprint density at radius 2 is 2.40 bits per heavy atom. The fraction of sp³-hybridized carbons (Fsp3) is 0.250. The van der Waals surface area contributed by atoms with Crippen LogP contribution in [0.5, 0.6) is 0 Å². The van der Waals surface area contributed by atoms with Crippen molar-refractivity contribution in [1.82, 2.24) is 0 Å². The van der Waals surface area contributed by atoms with Crippen molar-refractivity contribution in [2.45, 2.75) is 6.42 Å². The van der Waals surface area contributed by atoms with Crippen LogP contribution < -0.4 is 0 Å². The smallest absolute Gasteiger partial charge is 0.00886 e. The maximum Gasteiger partial charge on any atom is 0.00886 e. The summed E-state index contributed by atoms with van der Waals surface area (Å²) in [6, 6.07) is 0. The van der Waals surface area contributed by atoms with E-state index in [1.165, 1.54) is 11.1 Å². The van der Waals surface area contributed by atoms with Gasteiger partial charge in [-0.3, -0.25) is 0 Å². The molecule has 0 atom stereocenters. The van der Waals surface area contributed by atoms with Crippen LogP contribution in [0.25, 0.3) is 0 Å². The van der Waals surface area contributed by atoms with Crippen LogP contribution in [0.1, 0.15) is 6.42 Å². The van der Waals surface area contributed by atoms with Crippen LogP contribution >= 0.6 is 25.3 Å². The summed E-state index contributed by atoms with van der Waals surface area (Å²) in [6.45, 7) is 0. The molecule has 0 radical (unpaired) electrons. The molecule has 0 aromatic heterocycles. The first-order valence-electron chi connectivity index (χ1n) is 3.19. The number of rotatable bonds is 1. The molecule has 0 saturated carbocycles. The molecule has 1 rings (SSSR count). The van der Waals surface area contributed by atoms with Crippen molar-refractivity contribution in [2.24, 2.45) is 0 Å². The van der Waals surface area contributed by atoms with E-state index in [-0.39, 0.29) is 0 Å². The zero-order valence-corrected chi connectivity index (χ0v) is 7.41. The molecule has 54 valence electrons. The quantitative estimate of drug-likeness (QED) is 0.555. The Balaban J connectivity index is 2.75. The Kier molecular flexibility index (Phi) is 3.16. The molecule has 0 unspecified atom stereocenters. The van der Waals surface area contributed by atoms with E-state index in [0.29, 0.717) is 0 Å². The van der Waals surface area contributed by atoms with E-state index in [0.717, 1.165) is 12.2 Å². The Bertz CT molecular complexity index is 199. The number of allylic oxidation sites excluding steroid dienone is 4. The molecule has 0 aliphatic heterocycles. The van der Waals surface area contributed by atoms with E-state index in [2.05, 4.69) is 43.5 Å². The monoisotopic (exact) mass is 170 g/mol. The largest absolute Gasteiger partial charge is 0.175 e. The standard InChI is InChI=1S/C8H10S2/c9-5-4-7-2-1-3-8(7)6-10/h1,3-4,6,9-10H,2,5H2/b7-4-,8-6-. The van der Waals surface area contributed by atoms with Crippen molar-refractivity contribution in [3.05, 3.63) is 34.8 Å². The zero-order chi connectivity index (χ0) is 7.40. The summed E-state index contributed by atoms with van der Waals surface area (Å²) >= 11 is 8.21. The summed E-state index contributed by atoms with van der Waals surface area (Å²) in [4.78, 5) is 0. The molecule has 10 heavy (non-hydrogen) atoms. The van der Waals surface area contributed by atoms with Crippen molar-refractivity contribution >= 4 is 25.3 Å². The summed E-state index contributed by atoms with van der Waals surface area (Å²) < 4.78 is 0. The normalized spacial score (nSPS) is 25.0. The van der Waals surface area contributed by atoms with Gasteiger partial charge in [0.15, 0.2) is 0 Å². The first kappa shape index (κ1) is 8.02. The second-order valence-corrected chi connectivity index (χ2v) is 2.73. The fourth-order valence-electron chi connectivity index (χ4n) is 0.975. The predicted molar refractivity (Wildman–Crippen MR) is 52.8 cm³/mol. The lowest BCUT2D eigenvalue weighted by Crippen LogP contribution is -1.78. The van der Waals surface area contributed by atoms with E-state index < -0.39 is 0 Å². The molecule has 0 fully saturated rings. The van der Waals surface area contributed by atoms with Gasteiger partial charge in [-0.2, -0.15) is 25.3 Å². The zero-order valence-electron chi connectivity index (χ0n) is 5.62. The number of hydrogen-bond acceptors (Lipinski definition) is 2. The van der Waals surface area contributed by atoms with Gasteiger partial charge < -0.3 is 0 Å². The third-order valence-electron chi connectivity index (χ3n) is 1.48. The van der Waals surface area contributed by atoms with E-state index in [4.69, 9.17) is 0 Å². The lowest BCUT2D eigenvalue weighted by atomic mass is 10.1. The highest BCUT2D eigenvalue weighted by molar-refractivity contribution is 7.83. The third kappa shape index (κ3) is 1.70. The topological polar surface area (TPSA) is 0 Å². The van der Waals surface area contributed by atoms with Gasteiger partial charge in [-0.25, -0.2) is 0 Å². The van der Waals surface area contributed by atoms with E-state index >= 15 is 0 Å². The highest BCUT2D eigenvalue weighted by atomic mass is 32.1. The minimum Gasteiger partial charge on any atom is -0.175 e. The van der Waals surface area contributed by atoms with Gasteiger partial charge in [0.2, 0.25) is 0 Å². The predicted octanol–water partition coefficient (Wildman–Crippen LogP) is 2.62. The van der Waals surface area contributed by atoms with E-state index in [9.17, 15) is 0 Å². The van der Waals surface area contributed by atoms with Crippen LogP contribution in [0.15, 0.2) is 34.8 Å². The minimum atomic E-state index is 0.808. The van der Waals surface area contributed by atoms with Crippen molar-refractivity contribution in [3.8, 4) is 0 Å². The molecule has 0 N–H and O–H groups in total. The van der Waals surface area contributed by atoms with Gasteiger partial charge >= 0.3 is 0 Å². The van der Waals surface area contributed by atoms with E-state index in [1.807, 2.05) is 5.41 Å². The number of thiol groups is 2. The fourth-order valence-corrected chi connectivity index (χ4v) is 1.45. The minimum absolute atomic E-state index is 0.808. The molecule has 0 amide bonds. The van der Waals surface area contributed by atoms with Crippen LogP contribution in [-0.4, -0.2) is 5.75 Å². The van der Waals surface area contributed by atoms with Gasteiger partial charge in [-0.1, -0.05) is 18.2 Å². The van der Waals surface area contributed by atoms with Crippen LogP contribution in [0.4, 0.5) is 0 Å². The van der Waals surface area contributed by atoms with Crippen LogP contribution in [-0.2, 0) is 0 Å². The lowest BCUT2D eigenvalue weighted by Gasteiger charge is -1.96. The summed E-state index contributed by atoms with van der Waals surface area (Å²) in [5.41, 5.74) is 2.56. The lowest BCUT2D eigenvalue weighted by molar-refractivity contribution is 1.31. The van der Waals surface area contributed by atoms with Crippen molar-refractivity contribution in [2.75, 3.05) is 5.75 Å². The molecule has 0 heterocycles. The number of hydrogen-bond donors (Lipinski definition) is 2. The first-order chi connectivity index (χ1) is 4.88. The average Bonchev–Trinajstić information content (AvgIpc) is 2.36. The SMILES string of the molecule is S/C=C1/C=CC/C1=C/CS. The molecule has 0 saturated heterocycles. The molecule has 1 aliphatic carbocycles. The average molecular weight is 170 g/mol. The second kappa shape index (κ2) is 3.94. The van der Waals surface area contributed by atoms with Gasteiger partial charge in [-0.15, -0.1) is 0 Å². The molecule has 2 heteroatoms. The molecular weight excluding hydrogens is 160 g/mol. The summed E-state index contributed by atoms with van der Waals surface area (Å²) in [6.07, 6.45) is 7.37. The summed E-state index contributed by atoms with van der Waals surface area (Å²) in [5, 5.41) is 1.83. The van der Waals surface area contributed by atoms with Gasteiger partial charge in [0, 0.05) is 5.75 Å². The maximum absolute atomic E-state index is 4.12. The second-order valence-electron chi connectivity index (χ2n) is 2.10. The van der Waals surface area contributed by atoms with Crippen molar-refractivity contribution in [1.29, 1.82) is 0 Å². The molecule has 0 aromatic carbocycles. The Morgan fingerprint density at radius 1 is 1.60 bits per heavy atom. The molecule has 1 aliphatic rings. The van der Waals surface area contributed by atoms with Gasteiger partial charge in [-0.05, 0) is 23.0 Å². The van der Waals surface area contributed by atoms with Gasteiger partial charge in [0.1, 0.15) is 0 Å². The highest BCUT2D eigenvalue weighted by Crippen LogP contribution is 2.23. The van der Waals surface area contributed by atoms with Crippen LogP contribution in [0, 0.1) is 0 Å². The first-order valence-corrected chi connectivity index (χ1v) is 4.34. The van der Waals surface area contributed by atoms with Crippen molar-refractivity contribution < 1.29 is 0 Å². The highest BCUT2D eigenvalue weighted by Gasteiger charge is 2.04. The third-order valence-corrected chi connectivity index (χ3v) is 1.94. The summed E-state index contributed by atoms with van der Waals surface area (Å²) in [7, 11) is 0. The van der Waals surface area contributed by atoms with E-state index in [1.54, 1.807) is 0 Å². The van der Waals surface area contributed by atoms with Crippen LogP contribution in [0.2, 0.25) is 0 Å². The summed E-state index contributed by atoms with van der Waals surface area (Å²) in [5.74, 6) is 0.808. The van der Waals surface area contributed by atoms with Gasteiger partial charge in [0.05, 0.1) is 0 Å². The Hall–Kier alpha value is -0.0800. The molecule has 0 bridgehead atoms. The Labute approximate surface area is 72.5 Å². The van der Waals surface area contributed by atoms with Crippen LogP contribution in [0.3, 0.4) is 0 Å². The maximum atomic E-state index is 4.12. The molecular formula is C8H10S2. The van der Waals surface area contributed by atoms with Crippen molar-refractivity contribution in [3.63, 3.8) is 0 Å².